The first-order valence-electron chi connectivity index (χ1n) is 10.0. The van der Waals surface area contributed by atoms with E-state index in [1.54, 1.807) is 11.8 Å². The zero-order valence-electron chi connectivity index (χ0n) is 17.1. The molecule has 0 bridgehead atoms. The topological polar surface area (TPSA) is 67.2 Å². The summed E-state index contributed by atoms with van der Waals surface area (Å²) in [4.78, 5) is 30.0. The predicted octanol–water partition coefficient (Wildman–Crippen LogP) is 3.08. The Labute approximate surface area is 176 Å². The van der Waals surface area contributed by atoms with Gasteiger partial charge in [-0.3, -0.25) is 14.2 Å². The fourth-order valence-electron chi connectivity index (χ4n) is 4.02. The lowest BCUT2D eigenvalue weighted by molar-refractivity contribution is -0.119. The maximum absolute atomic E-state index is 14.9. The molecule has 1 aliphatic heterocycles. The largest absolute Gasteiger partial charge is 0.352 e. The van der Waals surface area contributed by atoms with Gasteiger partial charge in [0, 0.05) is 43.9 Å². The van der Waals surface area contributed by atoms with Gasteiger partial charge in [-0.25, -0.2) is 18.2 Å². The summed E-state index contributed by atoms with van der Waals surface area (Å²) >= 11 is 0. The number of hydrogen-bond acceptors (Lipinski definition) is 4. The highest BCUT2D eigenvalue weighted by Gasteiger charge is 2.27. The highest BCUT2D eigenvalue weighted by atomic mass is 19.1. The van der Waals surface area contributed by atoms with Crippen molar-refractivity contribution in [3.8, 4) is 5.69 Å². The fourth-order valence-corrected chi connectivity index (χ4v) is 4.02. The monoisotopic (exact) mass is 430 g/mol. The zero-order chi connectivity index (χ0) is 22.3. The van der Waals surface area contributed by atoms with E-state index in [1.165, 1.54) is 23.6 Å². The second kappa shape index (κ2) is 8.05. The summed E-state index contributed by atoms with van der Waals surface area (Å²) in [6.07, 6.45) is 0.998. The number of pyridine rings is 2. The molecule has 0 saturated carbocycles. The van der Waals surface area contributed by atoms with Crippen molar-refractivity contribution in [2.24, 2.45) is 0 Å². The summed E-state index contributed by atoms with van der Waals surface area (Å²) in [5, 5.41) is 2.80. The van der Waals surface area contributed by atoms with Gasteiger partial charge in [0.25, 0.3) is 0 Å². The van der Waals surface area contributed by atoms with Crippen LogP contribution in [0.15, 0.2) is 35.1 Å². The molecule has 162 valence electrons. The van der Waals surface area contributed by atoms with Crippen LogP contribution in [-0.4, -0.2) is 34.6 Å². The number of benzene rings is 1. The van der Waals surface area contributed by atoms with Gasteiger partial charge in [0.1, 0.15) is 11.6 Å². The van der Waals surface area contributed by atoms with Gasteiger partial charge >= 0.3 is 0 Å². The zero-order valence-corrected chi connectivity index (χ0v) is 17.1. The maximum atomic E-state index is 14.9. The third-order valence-electron chi connectivity index (χ3n) is 5.41. The van der Waals surface area contributed by atoms with Gasteiger partial charge in [0.15, 0.2) is 22.7 Å². The number of amides is 1. The number of anilines is 1. The predicted molar refractivity (Wildman–Crippen MR) is 111 cm³/mol. The summed E-state index contributed by atoms with van der Waals surface area (Å²) in [7, 11) is 0. The summed E-state index contributed by atoms with van der Waals surface area (Å²) in [5.74, 6) is -2.38. The van der Waals surface area contributed by atoms with Gasteiger partial charge in [0.2, 0.25) is 5.91 Å². The molecule has 2 aromatic heterocycles. The molecule has 6 nitrogen and oxygen atoms in total. The van der Waals surface area contributed by atoms with Gasteiger partial charge < -0.3 is 10.2 Å². The fraction of sp³-hybridized carbons (Fsp3) is 0.318. The molecule has 9 heteroatoms. The second-order valence-corrected chi connectivity index (χ2v) is 7.58. The lowest BCUT2D eigenvalue weighted by Gasteiger charge is -2.21. The Morgan fingerprint density at radius 2 is 1.97 bits per heavy atom. The van der Waals surface area contributed by atoms with Gasteiger partial charge in [-0.2, -0.15) is 0 Å². The van der Waals surface area contributed by atoms with Crippen LogP contribution < -0.4 is 15.6 Å². The molecule has 0 spiro atoms. The highest BCUT2D eigenvalue weighted by Crippen LogP contribution is 2.27. The Morgan fingerprint density at radius 1 is 1.19 bits per heavy atom. The highest BCUT2D eigenvalue weighted by molar-refractivity contribution is 5.80. The first-order valence-corrected chi connectivity index (χ1v) is 10.0. The van der Waals surface area contributed by atoms with E-state index in [2.05, 4.69) is 10.3 Å². The molecule has 1 aromatic carbocycles. The molecule has 4 rings (SSSR count). The minimum Gasteiger partial charge on any atom is -0.352 e. The van der Waals surface area contributed by atoms with Crippen LogP contribution in [0.2, 0.25) is 0 Å². The SMILES string of the molecule is CCc1cc(=O)c2cc(F)c(N3CCC(NC(C)=O)C3)nc2n1-c1ccc(F)cc1F. The van der Waals surface area contributed by atoms with Crippen molar-refractivity contribution in [3.63, 3.8) is 0 Å². The number of carbonyl (C=O) groups excluding carboxylic acids is 1. The maximum Gasteiger partial charge on any atom is 0.217 e. The molecule has 1 aliphatic rings. The van der Waals surface area contributed by atoms with Gasteiger partial charge in [-0.05, 0) is 31.0 Å². The third kappa shape index (κ3) is 3.87. The van der Waals surface area contributed by atoms with Crippen molar-refractivity contribution >= 4 is 22.8 Å². The lowest BCUT2D eigenvalue weighted by Crippen LogP contribution is -2.36. The van der Waals surface area contributed by atoms with Crippen LogP contribution in [0.4, 0.5) is 19.0 Å². The van der Waals surface area contributed by atoms with E-state index in [1.807, 2.05) is 0 Å². The van der Waals surface area contributed by atoms with Gasteiger partial charge in [-0.15, -0.1) is 0 Å². The number of nitrogens with one attached hydrogen (secondary N) is 1. The van der Waals surface area contributed by atoms with Crippen LogP contribution in [0.25, 0.3) is 16.7 Å². The average molecular weight is 430 g/mol. The number of aromatic nitrogens is 2. The van der Waals surface area contributed by atoms with Crippen LogP contribution in [0.1, 0.15) is 26.0 Å². The minimum absolute atomic E-state index is 0.000201. The van der Waals surface area contributed by atoms with E-state index < -0.39 is 22.9 Å². The molecule has 3 aromatic rings. The minimum atomic E-state index is -0.820. The van der Waals surface area contributed by atoms with Crippen LogP contribution >= 0.6 is 0 Å². The molecule has 31 heavy (non-hydrogen) atoms. The Hall–Kier alpha value is -3.36. The van der Waals surface area contributed by atoms with Crippen molar-refractivity contribution in [1.29, 1.82) is 0 Å². The average Bonchev–Trinajstić information content (AvgIpc) is 3.16. The van der Waals surface area contributed by atoms with Crippen LogP contribution in [0.5, 0.6) is 0 Å². The molecule has 0 aliphatic carbocycles. The smallest absolute Gasteiger partial charge is 0.217 e. The Morgan fingerprint density at radius 3 is 2.65 bits per heavy atom. The van der Waals surface area contributed by atoms with Gasteiger partial charge in [-0.1, -0.05) is 6.92 Å². The second-order valence-electron chi connectivity index (χ2n) is 7.58. The number of fused-ring (bicyclic) bond motifs is 1. The lowest BCUT2D eigenvalue weighted by atomic mass is 10.1. The summed E-state index contributed by atoms with van der Waals surface area (Å²) in [6.45, 7) is 4.03. The van der Waals surface area contributed by atoms with E-state index in [9.17, 15) is 22.8 Å². The standard InChI is InChI=1S/C22H21F3N4O2/c1-3-15-9-20(31)16-10-18(25)22(28-7-6-14(11-28)26-12(2)30)27-21(16)29(15)19-5-4-13(23)8-17(19)24/h4-5,8-10,14H,3,6-7,11H2,1-2H3,(H,26,30). The first-order chi connectivity index (χ1) is 14.8. The first kappa shape index (κ1) is 20.9. The Kier molecular flexibility index (Phi) is 5.43. The molecule has 0 radical (unpaired) electrons. The van der Waals surface area contributed by atoms with Crippen molar-refractivity contribution in [3.05, 3.63) is 63.7 Å². The normalized spacial score (nSPS) is 16.2. The number of halogens is 3. The molecular formula is C22H21F3N4O2. The molecule has 1 unspecified atom stereocenters. The number of hydrogen-bond donors (Lipinski definition) is 1. The summed E-state index contributed by atoms with van der Waals surface area (Å²) < 4.78 is 44.5. The summed E-state index contributed by atoms with van der Waals surface area (Å²) in [6, 6.07) is 5.40. The molecule has 1 atom stereocenters. The van der Waals surface area contributed by atoms with E-state index in [-0.39, 0.29) is 34.5 Å². The number of nitrogens with zero attached hydrogens (tertiary/aromatic N) is 3. The molecule has 1 amide bonds. The van der Waals surface area contributed by atoms with E-state index in [0.29, 0.717) is 31.6 Å². The third-order valence-corrected chi connectivity index (χ3v) is 5.41. The van der Waals surface area contributed by atoms with Crippen molar-refractivity contribution < 1.29 is 18.0 Å². The molecule has 1 fully saturated rings. The quantitative estimate of drug-likeness (QED) is 0.691. The molecular weight excluding hydrogens is 409 g/mol. The molecule has 3 heterocycles. The molecule has 1 N–H and O–H groups in total. The van der Waals surface area contributed by atoms with Gasteiger partial charge in [0.05, 0.1) is 11.1 Å². The van der Waals surface area contributed by atoms with E-state index in [0.717, 1.165) is 18.2 Å². The van der Waals surface area contributed by atoms with Crippen molar-refractivity contribution in [2.45, 2.75) is 32.7 Å². The van der Waals surface area contributed by atoms with E-state index >= 15 is 0 Å². The number of carbonyl (C=O) groups is 1. The van der Waals surface area contributed by atoms with E-state index in [4.69, 9.17) is 0 Å². The summed E-state index contributed by atoms with van der Waals surface area (Å²) in [5.41, 5.74) is 0.145. The number of aryl methyl sites for hydroxylation is 1. The molecule has 1 saturated heterocycles. The van der Waals surface area contributed by atoms with Crippen LogP contribution in [0, 0.1) is 17.5 Å². The number of rotatable bonds is 4. The van der Waals surface area contributed by atoms with Crippen LogP contribution in [-0.2, 0) is 11.2 Å². The van der Waals surface area contributed by atoms with Crippen LogP contribution in [0.3, 0.4) is 0 Å². The van der Waals surface area contributed by atoms with Crippen molar-refractivity contribution in [1.82, 2.24) is 14.9 Å². The Bertz CT molecular complexity index is 1240. The Balaban J connectivity index is 1.91. The van der Waals surface area contributed by atoms with Crippen molar-refractivity contribution in [2.75, 3.05) is 18.0 Å².